The fourth-order valence-electron chi connectivity index (χ4n) is 3.23. The van der Waals surface area contributed by atoms with Gasteiger partial charge in [0.15, 0.2) is 0 Å². The van der Waals surface area contributed by atoms with Crippen molar-refractivity contribution in [2.24, 2.45) is 11.8 Å². The van der Waals surface area contributed by atoms with Crippen molar-refractivity contribution >= 4 is 17.8 Å². The Bertz CT molecular complexity index is 392. The van der Waals surface area contributed by atoms with Crippen LogP contribution in [-0.2, 0) is 19.1 Å². The van der Waals surface area contributed by atoms with E-state index in [0.29, 0.717) is 0 Å². The Morgan fingerprint density at radius 2 is 1.76 bits per heavy atom. The lowest BCUT2D eigenvalue weighted by atomic mass is 9.81. The fraction of sp³-hybridized carbons (Fsp3) is 0.727. The first kappa shape index (κ1) is 10.7. The van der Waals surface area contributed by atoms with Gasteiger partial charge >= 0.3 is 5.97 Å². The van der Waals surface area contributed by atoms with Crippen LogP contribution >= 0.6 is 0 Å². The first-order chi connectivity index (χ1) is 8.02. The van der Waals surface area contributed by atoms with Gasteiger partial charge in [-0.25, -0.2) is 4.79 Å². The summed E-state index contributed by atoms with van der Waals surface area (Å²) in [6.07, 6.45) is 1.21. The third-order valence-electron chi connectivity index (χ3n) is 4.06. The molecular weight excluding hydrogens is 226 g/mol. The molecule has 5 atom stereocenters. The van der Waals surface area contributed by atoms with Crippen molar-refractivity contribution in [1.82, 2.24) is 4.90 Å². The third-order valence-corrected chi connectivity index (χ3v) is 4.06. The molecule has 17 heavy (non-hydrogen) atoms. The van der Waals surface area contributed by atoms with Crippen LogP contribution in [0.5, 0.6) is 0 Å². The number of fused-ring (bicyclic) bond motifs is 5. The lowest BCUT2D eigenvalue weighted by Gasteiger charge is -2.21. The van der Waals surface area contributed by atoms with Crippen molar-refractivity contribution < 1.29 is 24.2 Å². The van der Waals surface area contributed by atoms with Crippen LogP contribution in [0.2, 0.25) is 0 Å². The Morgan fingerprint density at radius 3 is 2.18 bits per heavy atom. The Kier molecular flexibility index (Phi) is 2.07. The molecule has 3 rings (SSSR count). The van der Waals surface area contributed by atoms with Crippen LogP contribution in [0.3, 0.4) is 0 Å². The molecule has 2 bridgehead atoms. The number of aliphatic carboxylic acids is 1. The molecule has 0 saturated carbocycles. The molecular formula is C11H13NO5. The van der Waals surface area contributed by atoms with Gasteiger partial charge in [-0.05, 0) is 19.8 Å². The van der Waals surface area contributed by atoms with Crippen molar-refractivity contribution in [3.63, 3.8) is 0 Å². The molecule has 0 unspecified atom stereocenters. The van der Waals surface area contributed by atoms with E-state index in [4.69, 9.17) is 9.84 Å². The van der Waals surface area contributed by atoms with E-state index in [9.17, 15) is 14.4 Å². The van der Waals surface area contributed by atoms with Crippen LogP contribution in [-0.4, -0.2) is 46.0 Å². The fourth-order valence-corrected chi connectivity index (χ4v) is 3.23. The zero-order valence-corrected chi connectivity index (χ0v) is 9.33. The lowest BCUT2D eigenvalue weighted by molar-refractivity contribution is -0.155. The Balaban J connectivity index is 1.93. The highest BCUT2D eigenvalue weighted by atomic mass is 16.5. The minimum atomic E-state index is -1.15. The number of hydrogen-bond donors (Lipinski definition) is 1. The monoisotopic (exact) mass is 239 g/mol. The van der Waals surface area contributed by atoms with Crippen molar-refractivity contribution in [1.29, 1.82) is 0 Å². The molecule has 92 valence electrons. The molecule has 0 radical (unpaired) electrons. The number of rotatable bonds is 2. The number of ether oxygens (including phenoxy) is 1. The molecule has 0 spiro atoms. The molecule has 6 nitrogen and oxygen atoms in total. The van der Waals surface area contributed by atoms with Crippen molar-refractivity contribution in [2.75, 3.05) is 0 Å². The van der Waals surface area contributed by atoms with E-state index in [1.54, 1.807) is 0 Å². The SMILES string of the molecule is C[C@@H](C(=O)O)N1C(=O)[C@@H]2[C@@H](C1=O)[C@H]1CC[C@@H]2O1. The van der Waals surface area contributed by atoms with Gasteiger partial charge in [-0.15, -0.1) is 0 Å². The Labute approximate surface area is 97.5 Å². The molecule has 0 aromatic rings. The van der Waals surface area contributed by atoms with Crippen LogP contribution < -0.4 is 0 Å². The third kappa shape index (κ3) is 1.21. The predicted molar refractivity (Wildman–Crippen MR) is 53.8 cm³/mol. The number of likely N-dealkylation sites (tertiary alicyclic amines) is 1. The number of carbonyl (C=O) groups excluding carboxylic acids is 2. The van der Waals surface area contributed by atoms with Crippen molar-refractivity contribution in [3.05, 3.63) is 0 Å². The normalized spacial score (nSPS) is 40.9. The van der Waals surface area contributed by atoms with Gasteiger partial charge in [0.25, 0.3) is 0 Å². The molecule has 3 aliphatic heterocycles. The van der Waals surface area contributed by atoms with E-state index in [2.05, 4.69) is 0 Å². The Morgan fingerprint density at radius 1 is 1.29 bits per heavy atom. The second-order valence-corrected chi connectivity index (χ2v) is 4.90. The average molecular weight is 239 g/mol. The number of carbonyl (C=O) groups is 3. The highest BCUT2D eigenvalue weighted by Gasteiger charge is 2.63. The molecule has 3 saturated heterocycles. The summed E-state index contributed by atoms with van der Waals surface area (Å²) in [5.41, 5.74) is 0. The van der Waals surface area contributed by atoms with Crippen LogP contribution in [0, 0.1) is 11.8 Å². The van der Waals surface area contributed by atoms with Gasteiger partial charge < -0.3 is 9.84 Å². The van der Waals surface area contributed by atoms with Gasteiger partial charge in [-0.1, -0.05) is 0 Å². The molecule has 0 aliphatic carbocycles. The van der Waals surface area contributed by atoms with Gasteiger partial charge in [-0.3, -0.25) is 14.5 Å². The summed E-state index contributed by atoms with van der Waals surface area (Å²) in [7, 11) is 0. The summed E-state index contributed by atoms with van der Waals surface area (Å²) < 4.78 is 5.55. The molecule has 0 aromatic heterocycles. The minimum Gasteiger partial charge on any atom is -0.480 e. The molecule has 6 heteroatoms. The number of carboxylic acid groups (broad SMARTS) is 1. The Hall–Kier alpha value is -1.43. The smallest absolute Gasteiger partial charge is 0.326 e. The molecule has 3 aliphatic rings. The van der Waals surface area contributed by atoms with E-state index in [1.165, 1.54) is 6.92 Å². The first-order valence-electron chi connectivity index (χ1n) is 5.77. The van der Waals surface area contributed by atoms with Crippen LogP contribution in [0.4, 0.5) is 0 Å². The van der Waals surface area contributed by atoms with Gasteiger partial charge in [0.05, 0.1) is 24.0 Å². The van der Waals surface area contributed by atoms with E-state index >= 15 is 0 Å². The van der Waals surface area contributed by atoms with Gasteiger partial charge in [-0.2, -0.15) is 0 Å². The first-order valence-corrected chi connectivity index (χ1v) is 5.77. The van der Waals surface area contributed by atoms with E-state index in [0.717, 1.165) is 17.7 Å². The summed E-state index contributed by atoms with van der Waals surface area (Å²) in [5.74, 6) is -2.78. The maximum Gasteiger partial charge on any atom is 0.326 e. The van der Waals surface area contributed by atoms with Gasteiger partial charge in [0, 0.05) is 0 Å². The maximum atomic E-state index is 12.1. The minimum absolute atomic E-state index is 0.188. The van der Waals surface area contributed by atoms with E-state index in [1.807, 2.05) is 0 Å². The number of amides is 2. The summed E-state index contributed by atoms with van der Waals surface area (Å²) in [6, 6.07) is -1.08. The second-order valence-electron chi connectivity index (χ2n) is 4.90. The summed E-state index contributed by atoms with van der Waals surface area (Å²) in [5, 5.41) is 8.91. The summed E-state index contributed by atoms with van der Waals surface area (Å²) in [6.45, 7) is 1.36. The zero-order valence-electron chi connectivity index (χ0n) is 9.33. The highest BCUT2D eigenvalue weighted by Crippen LogP contribution is 2.48. The van der Waals surface area contributed by atoms with Gasteiger partial charge in [0.1, 0.15) is 6.04 Å². The summed E-state index contributed by atoms with van der Waals surface area (Å²) >= 11 is 0. The molecule has 2 amide bonds. The van der Waals surface area contributed by atoms with E-state index in [-0.39, 0.29) is 24.0 Å². The number of imide groups is 1. The van der Waals surface area contributed by atoms with Crippen LogP contribution in [0.15, 0.2) is 0 Å². The quantitative estimate of drug-likeness (QED) is 0.664. The number of hydrogen-bond acceptors (Lipinski definition) is 4. The van der Waals surface area contributed by atoms with Crippen LogP contribution in [0.1, 0.15) is 19.8 Å². The van der Waals surface area contributed by atoms with Crippen molar-refractivity contribution in [2.45, 2.75) is 38.0 Å². The second kappa shape index (κ2) is 3.29. The molecule has 1 N–H and O–H groups in total. The van der Waals surface area contributed by atoms with Gasteiger partial charge in [0.2, 0.25) is 11.8 Å². The maximum absolute atomic E-state index is 12.1. The summed E-state index contributed by atoms with van der Waals surface area (Å²) in [4.78, 5) is 36.0. The number of carboxylic acids is 1. The topological polar surface area (TPSA) is 83.9 Å². The van der Waals surface area contributed by atoms with Crippen molar-refractivity contribution in [3.8, 4) is 0 Å². The van der Waals surface area contributed by atoms with E-state index < -0.39 is 23.8 Å². The zero-order chi connectivity index (χ0) is 12.3. The standard InChI is InChI=1S/C11H13NO5/c1-4(11(15)16)12-9(13)7-5-2-3-6(17-5)8(7)10(12)14/h4-8H,2-3H2,1H3,(H,15,16)/t4-,5-,6+,7-,8-/m0/s1. The highest BCUT2D eigenvalue weighted by molar-refractivity contribution is 6.08. The molecule has 0 aromatic carbocycles. The number of nitrogens with zero attached hydrogens (tertiary/aromatic N) is 1. The molecule has 3 heterocycles. The predicted octanol–water partition coefficient (Wildman–Crippen LogP) is -0.378. The average Bonchev–Trinajstić information content (AvgIpc) is 2.92. The largest absolute Gasteiger partial charge is 0.480 e. The van der Waals surface area contributed by atoms with Crippen LogP contribution in [0.25, 0.3) is 0 Å². The molecule has 3 fully saturated rings. The lowest BCUT2D eigenvalue weighted by Crippen LogP contribution is -2.45.